The first-order valence-corrected chi connectivity index (χ1v) is 6.19. The van der Waals surface area contributed by atoms with Crippen LogP contribution in [0.15, 0.2) is 36.7 Å². The Balaban J connectivity index is 1.74. The zero-order valence-electron chi connectivity index (χ0n) is 10.5. The maximum Gasteiger partial charge on any atom is 0.215 e. The first-order valence-electron chi connectivity index (χ1n) is 6.19. The highest BCUT2D eigenvalue weighted by Crippen LogP contribution is 2.11. The van der Waals surface area contributed by atoms with Crippen molar-refractivity contribution < 1.29 is 4.74 Å². The number of nitrogens with zero attached hydrogens (tertiary/aromatic N) is 3. The van der Waals surface area contributed by atoms with E-state index in [1.165, 1.54) is 0 Å². The number of ether oxygens (including phenoxy) is 1. The highest BCUT2D eigenvalue weighted by Gasteiger charge is 1.97. The van der Waals surface area contributed by atoms with Crippen LogP contribution in [0.2, 0.25) is 0 Å². The second-order valence-corrected chi connectivity index (χ2v) is 3.84. The molecule has 1 N–H and O–H groups in total. The van der Waals surface area contributed by atoms with E-state index in [-0.39, 0.29) is 0 Å². The van der Waals surface area contributed by atoms with Crippen molar-refractivity contribution >= 4 is 5.82 Å². The molecule has 2 aromatic heterocycles. The van der Waals surface area contributed by atoms with E-state index in [0.29, 0.717) is 12.5 Å². The minimum atomic E-state index is 0.635. The number of hydrogen-bond acceptors (Lipinski definition) is 4. The lowest BCUT2D eigenvalue weighted by atomic mass is 10.4. The van der Waals surface area contributed by atoms with E-state index in [9.17, 15) is 0 Å². The highest BCUT2D eigenvalue weighted by atomic mass is 16.5. The Bertz CT molecular complexity index is 456. The molecule has 2 rings (SSSR count). The largest absolute Gasteiger partial charge is 0.478 e. The van der Waals surface area contributed by atoms with Gasteiger partial charge in [0.1, 0.15) is 5.82 Å². The van der Waals surface area contributed by atoms with Gasteiger partial charge in [0.05, 0.1) is 6.61 Å². The third-order valence-corrected chi connectivity index (χ3v) is 2.45. The van der Waals surface area contributed by atoms with Crippen LogP contribution >= 0.6 is 0 Å². The van der Waals surface area contributed by atoms with Crippen molar-refractivity contribution in [3.8, 4) is 5.88 Å². The molecule has 0 aliphatic heterocycles. The first-order chi connectivity index (χ1) is 8.88. The molecular formula is C13H18N4O. The summed E-state index contributed by atoms with van der Waals surface area (Å²) in [7, 11) is 0. The maximum atomic E-state index is 5.35. The number of hydrogen-bond donors (Lipinski definition) is 1. The number of anilines is 1. The summed E-state index contributed by atoms with van der Waals surface area (Å²) in [6, 6.07) is 7.67. The Morgan fingerprint density at radius 2 is 2.28 bits per heavy atom. The lowest BCUT2D eigenvalue weighted by Crippen LogP contribution is -2.08. The van der Waals surface area contributed by atoms with E-state index in [1.807, 2.05) is 42.1 Å². The molecule has 2 aromatic rings. The number of pyridine rings is 1. The fourth-order valence-corrected chi connectivity index (χ4v) is 1.63. The van der Waals surface area contributed by atoms with Crippen LogP contribution < -0.4 is 10.1 Å². The Morgan fingerprint density at radius 1 is 1.33 bits per heavy atom. The summed E-state index contributed by atoms with van der Waals surface area (Å²) >= 11 is 0. The third kappa shape index (κ3) is 3.76. The molecule has 96 valence electrons. The van der Waals surface area contributed by atoms with Gasteiger partial charge in [-0.1, -0.05) is 6.07 Å². The van der Waals surface area contributed by atoms with E-state index in [0.717, 1.165) is 25.3 Å². The Morgan fingerprint density at radius 3 is 3.06 bits per heavy atom. The number of aromatic nitrogens is 3. The highest BCUT2D eigenvalue weighted by molar-refractivity contribution is 5.36. The second kappa shape index (κ2) is 6.64. The molecule has 0 saturated carbocycles. The van der Waals surface area contributed by atoms with Gasteiger partial charge in [0.2, 0.25) is 5.88 Å². The smallest absolute Gasteiger partial charge is 0.215 e. The third-order valence-electron chi connectivity index (χ3n) is 2.45. The molecule has 0 amide bonds. The van der Waals surface area contributed by atoms with Crippen LogP contribution in [0.3, 0.4) is 0 Å². The van der Waals surface area contributed by atoms with Gasteiger partial charge in [0.25, 0.3) is 0 Å². The number of rotatable bonds is 7. The van der Waals surface area contributed by atoms with Gasteiger partial charge < -0.3 is 10.1 Å². The van der Waals surface area contributed by atoms with Crippen molar-refractivity contribution in [1.29, 1.82) is 0 Å². The van der Waals surface area contributed by atoms with Crippen molar-refractivity contribution in [1.82, 2.24) is 14.8 Å². The predicted molar refractivity (Wildman–Crippen MR) is 70.7 cm³/mol. The van der Waals surface area contributed by atoms with Crippen molar-refractivity contribution in [2.24, 2.45) is 0 Å². The van der Waals surface area contributed by atoms with Gasteiger partial charge in [-0.15, -0.1) is 0 Å². The van der Waals surface area contributed by atoms with Crippen LogP contribution in [-0.2, 0) is 6.54 Å². The number of aryl methyl sites for hydroxylation is 1. The van der Waals surface area contributed by atoms with Crippen LogP contribution in [0.1, 0.15) is 13.3 Å². The van der Waals surface area contributed by atoms with E-state index in [4.69, 9.17) is 4.74 Å². The molecule has 0 unspecified atom stereocenters. The quantitative estimate of drug-likeness (QED) is 0.761. The van der Waals surface area contributed by atoms with Gasteiger partial charge in [-0.2, -0.15) is 10.1 Å². The molecule has 0 fully saturated rings. The minimum absolute atomic E-state index is 0.635. The van der Waals surface area contributed by atoms with E-state index < -0.39 is 0 Å². The molecule has 2 heterocycles. The molecule has 5 nitrogen and oxygen atoms in total. The molecule has 0 aromatic carbocycles. The molecule has 18 heavy (non-hydrogen) atoms. The standard InChI is InChI=1S/C13H18N4O/c1-2-18-13-7-3-6-12(16-13)14-8-4-10-17-11-5-9-15-17/h3,5-7,9,11H,2,4,8,10H2,1H3,(H,14,16). The summed E-state index contributed by atoms with van der Waals surface area (Å²) in [5.74, 6) is 1.51. The van der Waals surface area contributed by atoms with Crippen LogP contribution in [0.5, 0.6) is 5.88 Å². The minimum Gasteiger partial charge on any atom is -0.478 e. The molecule has 0 aliphatic carbocycles. The van der Waals surface area contributed by atoms with Gasteiger partial charge in [-0.3, -0.25) is 4.68 Å². The summed E-state index contributed by atoms with van der Waals surface area (Å²) < 4.78 is 7.27. The Kier molecular flexibility index (Phi) is 4.58. The summed E-state index contributed by atoms with van der Waals surface area (Å²) in [4.78, 5) is 4.34. The second-order valence-electron chi connectivity index (χ2n) is 3.84. The zero-order valence-corrected chi connectivity index (χ0v) is 10.5. The predicted octanol–water partition coefficient (Wildman–Crippen LogP) is 2.18. The summed E-state index contributed by atoms with van der Waals surface area (Å²) in [5, 5.41) is 7.43. The summed E-state index contributed by atoms with van der Waals surface area (Å²) in [6.45, 7) is 4.36. The molecule has 0 radical (unpaired) electrons. The fourth-order valence-electron chi connectivity index (χ4n) is 1.63. The summed E-state index contributed by atoms with van der Waals surface area (Å²) in [5.41, 5.74) is 0. The fraction of sp³-hybridized carbons (Fsp3) is 0.385. The Labute approximate surface area is 107 Å². The molecule has 0 saturated heterocycles. The van der Waals surface area contributed by atoms with Gasteiger partial charge in [-0.05, 0) is 25.5 Å². The van der Waals surface area contributed by atoms with Gasteiger partial charge in [0.15, 0.2) is 0 Å². The summed E-state index contributed by atoms with van der Waals surface area (Å²) in [6.07, 6.45) is 4.76. The molecule has 0 bridgehead atoms. The molecule has 0 aliphatic rings. The van der Waals surface area contributed by atoms with E-state index >= 15 is 0 Å². The van der Waals surface area contributed by atoms with Gasteiger partial charge in [0, 0.05) is 31.5 Å². The average molecular weight is 246 g/mol. The lowest BCUT2D eigenvalue weighted by molar-refractivity contribution is 0.327. The topological polar surface area (TPSA) is 52.0 Å². The van der Waals surface area contributed by atoms with E-state index in [2.05, 4.69) is 15.4 Å². The van der Waals surface area contributed by atoms with Gasteiger partial charge in [-0.25, -0.2) is 0 Å². The Hall–Kier alpha value is -2.04. The van der Waals surface area contributed by atoms with Gasteiger partial charge >= 0.3 is 0 Å². The van der Waals surface area contributed by atoms with Crippen molar-refractivity contribution in [2.45, 2.75) is 19.9 Å². The molecule has 0 atom stereocenters. The van der Waals surface area contributed by atoms with Crippen molar-refractivity contribution in [3.63, 3.8) is 0 Å². The molecular weight excluding hydrogens is 228 g/mol. The zero-order chi connectivity index (χ0) is 12.6. The lowest BCUT2D eigenvalue weighted by Gasteiger charge is -2.07. The van der Waals surface area contributed by atoms with Crippen molar-refractivity contribution in [3.05, 3.63) is 36.7 Å². The molecule has 0 spiro atoms. The van der Waals surface area contributed by atoms with Crippen molar-refractivity contribution in [2.75, 3.05) is 18.5 Å². The van der Waals surface area contributed by atoms with E-state index in [1.54, 1.807) is 6.20 Å². The van der Waals surface area contributed by atoms with Crippen LogP contribution in [0.25, 0.3) is 0 Å². The first kappa shape index (κ1) is 12.4. The maximum absolute atomic E-state index is 5.35. The normalized spacial score (nSPS) is 10.3. The molecule has 5 heteroatoms. The van der Waals surface area contributed by atoms with Crippen LogP contribution in [0, 0.1) is 0 Å². The number of nitrogens with one attached hydrogen (secondary N) is 1. The SMILES string of the molecule is CCOc1cccc(NCCCn2cccn2)n1. The van der Waals surface area contributed by atoms with Crippen LogP contribution in [-0.4, -0.2) is 27.9 Å². The van der Waals surface area contributed by atoms with Crippen LogP contribution in [0.4, 0.5) is 5.82 Å². The average Bonchev–Trinajstić information content (AvgIpc) is 2.89. The monoisotopic (exact) mass is 246 g/mol.